The Balaban J connectivity index is 1.74. The van der Waals surface area contributed by atoms with Gasteiger partial charge in [-0.3, -0.25) is 9.59 Å². The van der Waals surface area contributed by atoms with Crippen LogP contribution in [0.15, 0.2) is 24.3 Å². The molecule has 2 rings (SSSR count). The number of benzene rings is 1. The summed E-state index contributed by atoms with van der Waals surface area (Å²) < 4.78 is 5.18. The van der Waals surface area contributed by atoms with Gasteiger partial charge in [0, 0.05) is 5.69 Å². The molecule has 1 aliphatic rings. The highest BCUT2D eigenvalue weighted by Gasteiger charge is 2.33. The summed E-state index contributed by atoms with van der Waals surface area (Å²) in [5.41, 5.74) is 1.37. The van der Waals surface area contributed by atoms with Crippen LogP contribution >= 0.6 is 0 Å². The van der Waals surface area contributed by atoms with Gasteiger partial charge in [0.1, 0.15) is 0 Å². The van der Waals surface area contributed by atoms with Crippen molar-refractivity contribution < 1.29 is 14.3 Å². The van der Waals surface area contributed by atoms with Crippen LogP contribution in [0.5, 0.6) is 0 Å². The Labute approximate surface area is 149 Å². The van der Waals surface area contributed by atoms with Gasteiger partial charge in [0.25, 0.3) is 5.91 Å². The second kappa shape index (κ2) is 8.15. The molecule has 0 aliphatic heterocycles. The smallest absolute Gasteiger partial charge is 0.309 e. The molecule has 0 saturated heterocycles. The number of esters is 1. The lowest BCUT2D eigenvalue weighted by atomic mass is 9.70. The number of anilines is 1. The Morgan fingerprint density at radius 2 is 1.76 bits per heavy atom. The van der Waals surface area contributed by atoms with Gasteiger partial charge in [0.05, 0.1) is 17.6 Å². The van der Waals surface area contributed by atoms with Crippen molar-refractivity contribution in [3.8, 4) is 6.07 Å². The molecule has 1 saturated carbocycles. The lowest BCUT2D eigenvalue weighted by Gasteiger charge is -2.36. The van der Waals surface area contributed by atoms with Gasteiger partial charge in [0.15, 0.2) is 6.61 Å². The Hall–Kier alpha value is -2.35. The zero-order valence-corrected chi connectivity index (χ0v) is 15.2. The van der Waals surface area contributed by atoms with Crippen LogP contribution in [0.2, 0.25) is 0 Å². The predicted octanol–water partition coefficient (Wildman–Crippen LogP) is 3.89. The van der Waals surface area contributed by atoms with Crippen LogP contribution in [0.1, 0.15) is 52.0 Å². The van der Waals surface area contributed by atoms with Crippen LogP contribution in [0, 0.1) is 28.6 Å². The number of rotatable bonds is 4. The van der Waals surface area contributed by atoms with Crippen molar-refractivity contribution in [2.45, 2.75) is 46.5 Å². The summed E-state index contributed by atoms with van der Waals surface area (Å²) in [5.74, 6) is -0.110. The average molecular weight is 342 g/mol. The van der Waals surface area contributed by atoms with Crippen molar-refractivity contribution in [3.05, 3.63) is 29.8 Å². The lowest BCUT2D eigenvalue weighted by Crippen LogP contribution is -2.31. The van der Waals surface area contributed by atoms with Crippen LogP contribution in [0.3, 0.4) is 0 Å². The van der Waals surface area contributed by atoms with Crippen molar-refractivity contribution in [1.29, 1.82) is 5.26 Å². The predicted molar refractivity (Wildman–Crippen MR) is 95.6 cm³/mol. The van der Waals surface area contributed by atoms with Crippen molar-refractivity contribution >= 4 is 17.6 Å². The molecule has 1 fully saturated rings. The second-order valence-corrected chi connectivity index (χ2v) is 7.76. The first-order chi connectivity index (χ1) is 11.8. The van der Waals surface area contributed by atoms with Crippen molar-refractivity contribution in [2.24, 2.45) is 17.3 Å². The van der Waals surface area contributed by atoms with Gasteiger partial charge in [-0.25, -0.2) is 0 Å². The summed E-state index contributed by atoms with van der Waals surface area (Å²) in [6.45, 7) is 6.44. The van der Waals surface area contributed by atoms with E-state index >= 15 is 0 Å². The largest absolute Gasteiger partial charge is 0.455 e. The zero-order chi connectivity index (χ0) is 18.4. The van der Waals surface area contributed by atoms with E-state index in [2.05, 4.69) is 26.1 Å². The van der Waals surface area contributed by atoms with E-state index in [0.29, 0.717) is 17.2 Å². The van der Waals surface area contributed by atoms with Crippen LogP contribution < -0.4 is 5.32 Å². The number of carbonyl (C=O) groups excluding carboxylic acids is 2. The Kier molecular flexibility index (Phi) is 6.19. The summed E-state index contributed by atoms with van der Waals surface area (Å²) in [6.07, 6.45) is 3.72. The fourth-order valence-electron chi connectivity index (χ4n) is 3.27. The van der Waals surface area contributed by atoms with Gasteiger partial charge in [-0.1, -0.05) is 20.8 Å². The molecule has 0 unspecified atom stereocenters. The maximum Gasteiger partial charge on any atom is 0.309 e. The van der Waals surface area contributed by atoms with Crippen LogP contribution in [-0.2, 0) is 14.3 Å². The van der Waals surface area contributed by atoms with Gasteiger partial charge in [-0.2, -0.15) is 5.26 Å². The molecule has 1 N–H and O–H groups in total. The van der Waals surface area contributed by atoms with Crippen LogP contribution in [-0.4, -0.2) is 18.5 Å². The fourth-order valence-corrected chi connectivity index (χ4v) is 3.27. The van der Waals surface area contributed by atoms with E-state index in [1.165, 1.54) is 0 Å². The average Bonchev–Trinajstić information content (AvgIpc) is 2.59. The third-order valence-electron chi connectivity index (χ3n) is 4.93. The van der Waals surface area contributed by atoms with E-state index in [1.54, 1.807) is 24.3 Å². The highest BCUT2D eigenvalue weighted by atomic mass is 16.5. The Bertz CT molecular complexity index is 645. The number of nitrogens with zero attached hydrogens (tertiary/aromatic N) is 1. The minimum absolute atomic E-state index is 0.0960. The number of hydrogen-bond donors (Lipinski definition) is 1. The molecule has 5 nitrogen and oxygen atoms in total. The van der Waals surface area contributed by atoms with Gasteiger partial charge in [-0.15, -0.1) is 0 Å². The molecular weight excluding hydrogens is 316 g/mol. The number of nitrogens with one attached hydrogen (secondary N) is 1. The summed E-state index contributed by atoms with van der Waals surface area (Å²) >= 11 is 0. The van der Waals surface area contributed by atoms with Crippen LogP contribution in [0.4, 0.5) is 5.69 Å². The normalized spacial score (nSPS) is 20.4. The lowest BCUT2D eigenvalue weighted by molar-refractivity contribution is -0.153. The minimum Gasteiger partial charge on any atom is -0.455 e. The molecule has 0 atom stereocenters. The monoisotopic (exact) mass is 342 g/mol. The van der Waals surface area contributed by atoms with E-state index in [4.69, 9.17) is 10.00 Å². The Morgan fingerprint density at radius 3 is 2.28 bits per heavy atom. The Morgan fingerprint density at radius 1 is 1.16 bits per heavy atom. The number of hydrogen-bond acceptors (Lipinski definition) is 4. The molecule has 25 heavy (non-hydrogen) atoms. The highest BCUT2D eigenvalue weighted by molar-refractivity contribution is 5.92. The highest BCUT2D eigenvalue weighted by Crippen LogP contribution is 2.40. The van der Waals surface area contributed by atoms with Crippen molar-refractivity contribution in [1.82, 2.24) is 0 Å². The number of carbonyl (C=O) groups is 2. The molecular formula is C20H26N2O3. The molecule has 0 heterocycles. The van der Waals surface area contributed by atoms with E-state index in [-0.39, 0.29) is 29.8 Å². The number of ether oxygens (including phenoxy) is 1. The maximum absolute atomic E-state index is 12.2. The standard InChI is InChI=1S/C20H26N2O3/c1-20(2,3)16-8-6-15(7-9-16)19(24)25-13-18(23)22-17-10-4-14(12-21)5-11-17/h4-5,10-11,15-16H,6-9,13H2,1-3H3,(H,22,23). The summed E-state index contributed by atoms with van der Waals surface area (Å²) in [4.78, 5) is 24.0. The van der Waals surface area contributed by atoms with Crippen molar-refractivity contribution in [2.75, 3.05) is 11.9 Å². The van der Waals surface area contributed by atoms with E-state index in [1.807, 2.05) is 6.07 Å². The van der Waals surface area contributed by atoms with Crippen molar-refractivity contribution in [3.63, 3.8) is 0 Å². The fraction of sp³-hybridized carbons (Fsp3) is 0.550. The zero-order valence-electron chi connectivity index (χ0n) is 15.2. The summed E-state index contributed by atoms with van der Waals surface area (Å²) in [5, 5.41) is 11.4. The molecule has 1 aliphatic carbocycles. The minimum atomic E-state index is -0.374. The van der Waals surface area contributed by atoms with Gasteiger partial charge in [0.2, 0.25) is 0 Å². The number of nitriles is 1. The van der Waals surface area contributed by atoms with E-state index < -0.39 is 0 Å². The molecule has 1 aromatic carbocycles. The quantitative estimate of drug-likeness (QED) is 0.842. The van der Waals surface area contributed by atoms with Gasteiger partial charge in [-0.05, 0) is 61.3 Å². The third-order valence-corrected chi connectivity index (χ3v) is 4.93. The first-order valence-corrected chi connectivity index (χ1v) is 8.76. The third kappa shape index (κ3) is 5.60. The second-order valence-electron chi connectivity index (χ2n) is 7.76. The summed E-state index contributed by atoms with van der Waals surface area (Å²) in [7, 11) is 0. The first-order valence-electron chi connectivity index (χ1n) is 8.76. The van der Waals surface area contributed by atoms with Gasteiger partial charge < -0.3 is 10.1 Å². The molecule has 1 aromatic rings. The van der Waals surface area contributed by atoms with Gasteiger partial charge >= 0.3 is 5.97 Å². The molecule has 134 valence electrons. The first kappa shape index (κ1) is 19.0. The molecule has 5 heteroatoms. The SMILES string of the molecule is CC(C)(C)C1CCC(C(=O)OCC(=O)Nc2ccc(C#N)cc2)CC1. The van der Waals surface area contributed by atoms with E-state index in [9.17, 15) is 9.59 Å². The molecule has 1 amide bonds. The molecule has 0 aromatic heterocycles. The van der Waals surface area contributed by atoms with E-state index in [0.717, 1.165) is 25.7 Å². The molecule has 0 radical (unpaired) electrons. The topological polar surface area (TPSA) is 79.2 Å². The molecule has 0 spiro atoms. The summed E-state index contributed by atoms with van der Waals surface area (Å²) in [6, 6.07) is 8.54. The number of amides is 1. The molecule has 0 bridgehead atoms. The maximum atomic E-state index is 12.2. The van der Waals surface area contributed by atoms with Crippen LogP contribution in [0.25, 0.3) is 0 Å².